The van der Waals surface area contributed by atoms with Gasteiger partial charge < -0.3 is 23.9 Å². The minimum atomic E-state index is -3.34. The van der Waals surface area contributed by atoms with E-state index in [1.807, 2.05) is 72.3 Å². The van der Waals surface area contributed by atoms with Crippen molar-refractivity contribution in [3.05, 3.63) is 120 Å². The van der Waals surface area contributed by atoms with Gasteiger partial charge in [-0.3, -0.25) is 4.68 Å². The number of hydrogen-bond donors (Lipinski definition) is 1. The predicted octanol–water partition coefficient (Wildman–Crippen LogP) is 6.97. The molecular formula is C39H37N3O7S. The van der Waals surface area contributed by atoms with Gasteiger partial charge in [-0.1, -0.05) is 66.7 Å². The summed E-state index contributed by atoms with van der Waals surface area (Å²) >= 11 is 0. The number of para-hydroxylation sites is 1. The van der Waals surface area contributed by atoms with E-state index in [-0.39, 0.29) is 23.8 Å². The van der Waals surface area contributed by atoms with Crippen LogP contribution in [-0.2, 0) is 47.8 Å². The Morgan fingerprint density at radius 2 is 1.70 bits per heavy atom. The molecule has 6 aromatic rings. The van der Waals surface area contributed by atoms with Gasteiger partial charge in [0.1, 0.15) is 29.5 Å². The molecule has 0 radical (unpaired) electrons. The van der Waals surface area contributed by atoms with Crippen molar-refractivity contribution in [2.24, 2.45) is 7.05 Å². The van der Waals surface area contributed by atoms with E-state index >= 15 is 0 Å². The highest BCUT2D eigenvalue weighted by Crippen LogP contribution is 2.39. The standard InChI is InChI=1S/C39H37N3O7S/c1-41-34-25-47-22-6-5-21-42-37-30(31(38(42)39(43)44)15-9-23-48-35-16-7-11-26-10-3-4-12-29(26)35)13-8-14-32(37)36(34)33(40-41)24-49-27-17-19-28(20-18-27)50(2,45)46/h3-8,10-14,16-20H,9,15,21-25H2,1-2H3,(H,43,44)/b6-5-. The molecule has 3 heterocycles. The van der Waals surface area contributed by atoms with Crippen molar-refractivity contribution in [1.29, 1.82) is 0 Å². The van der Waals surface area contributed by atoms with Crippen LogP contribution < -0.4 is 9.47 Å². The molecule has 11 heteroatoms. The van der Waals surface area contributed by atoms with Crippen molar-refractivity contribution < 1.29 is 32.5 Å². The van der Waals surface area contributed by atoms with Crippen LogP contribution in [0.1, 0.15) is 33.9 Å². The number of hydrogen-bond acceptors (Lipinski definition) is 7. The van der Waals surface area contributed by atoms with E-state index in [1.165, 1.54) is 12.1 Å². The normalized spacial score (nSPS) is 13.9. The quantitative estimate of drug-likeness (QED) is 0.121. The fourth-order valence-corrected chi connectivity index (χ4v) is 7.35. The van der Waals surface area contributed by atoms with Gasteiger partial charge in [0.2, 0.25) is 0 Å². The zero-order chi connectivity index (χ0) is 34.8. The highest BCUT2D eigenvalue weighted by molar-refractivity contribution is 7.90. The third-order valence-electron chi connectivity index (χ3n) is 9.01. The maximum absolute atomic E-state index is 13.0. The summed E-state index contributed by atoms with van der Waals surface area (Å²) in [5.74, 6) is 0.305. The molecule has 0 saturated carbocycles. The topological polar surface area (TPSA) is 122 Å². The SMILES string of the molecule is Cn1nc(COc2ccc(S(C)(=O)=O)cc2)c2c1COC/C=C\Cn1c(C(=O)O)c(CCCOc3cccc4ccccc34)c3cccc-2c31. The molecule has 0 fully saturated rings. The number of nitrogens with zero attached hydrogens (tertiary/aromatic N) is 3. The van der Waals surface area contributed by atoms with Gasteiger partial charge in [-0.05, 0) is 54.1 Å². The zero-order valence-electron chi connectivity index (χ0n) is 27.8. The van der Waals surface area contributed by atoms with E-state index in [4.69, 9.17) is 19.3 Å². The zero-order valence-corrected chi connectivity index (χ0v) is 28.7. The lowest BCUT2D eigenvalue weighted by Crippen LogP contribution is -2.11. The van der Waals surface area contributed by atoms with Crippen molar-refractivity contribution in [2.45, 2.75) is 37.5 Å². The maximum Gasteiger partial charge on any atom is 0.352 e. The van der Waals surface area contributed by atoms with Crippen LogP contribution >= 0.6 is 0 Å². The van der Waals surface area contributed by atoms with Crippen molar-refractivity contribution in [3.63, 3.8) is 0 Å². The molecule has 0 aliphatic carbocycles. The average molecular weight is 692 g/mol. The van der Waals surface area contributed by atoms with Gasteiger partial charge in [0.25, 0.3) is 0 Å². The highest BCUT2D eigenvalue weighted by atomic mass is 32.2. The number of aromatic nitrogens is 3. The second-order valence-electron chi connectivity index (χ2n) is 12.3. The fraction of sp³-hybridized carbons (Fsp3) is 0.231. The van der Waals surface area contributed by atoms with Crippen LogP contribution in [0.25, 0.3) is 32.8 Å². The van der Waals surface area contributed by atoms with Gasteiger partial charge in [-0.2, -0.15) is 5.10 Å². The number of aromatic carboxylic acids is 1. The minimum Gasteiger partial charge on any atom is -0.493 e. The third-order valence-corrected chi connectivity index (χ3v) is 10.1. The maximum atomic E-state index is 13.0. The van der Waals surface area contributed by atoms with Crippen LogP contribution in [-0.4, -0.2) is 53.3 Å². The minimum absolute atomic E-state index is 0.0981. The van der Waals surface area contributed by atoms with Gasteiger partial charge in [-0.15, -0.1) is 0 Å². The molecule has 256 valence electrons. The summed E-state index contributed by atoms with van der Waals surface area (Å²) in [6.45, 7) is 1.51. The van der Waals surface area contributed by atoms with Crippen LogP contribution in [0.4, 0.5) is 0 Å². The summed E-state index contributed by atoms with van der Waals surface area (Å²) in [5.41, 5.74) is 4.92. The molecule has 1 aliphatic rings. The van der Waals surface area contributed by atoms with E-state index in [1.54, 1.807) is 16.8 Å². The monoisotopic (exact) mass is 691 g/mol. The first-order valence-electron chi connectivity index (χ1n) is 16.4. The summed E-state index contributed by atoms with van der Waals surface area (Å²) in [5, 5.41) is 18.5. The van der Waals surface area contributed by atoms with Crippen molar-refractivity contribution in [2.75, 3.05) is 19.5 Å². The fourth-order valence-electron chi connectivity index (χ4n) is 6.72. The van der Waals surface area contributed by atoms with Crippen LogP contribution in [0.5, 0.6) is 11.5 Å². The number of fused-ring (bicyclic) bond motifs is 3. The number of aryl methyl sites for hydroxylation is 2. The van der Waals surface area contributed by atoms with Crippen LogP contribution in [0.2, 0.25) is 0 Å². The molecule has 0 spiro atoms. The number of allylic oxidation sites excluding steroid dienone is 1. The smallest absolute Gasteiger partial charge is 0.352 e. The van der Waals surface area contributed by atoms with E-state index < -0.39 is 15.8 Å². The molecule has 2 aromatic heterocycles. The molecule has 4 aromatic carbocycles. The first kappa shape index (κ1) is 33.1. The lowest BCUT2D eigenvalue weighted by atomic mass is 9.98. The Morgan fingerprint density at radius 3 is 2.50 bits per heavy atom. The van der Waals surface area contributed by atoms with Gasteiger partial charge in [0.05, 0.1) is 35.9 Å². The number of ether oxygens (including phenoxy) is 3. The first-order chi connectivity index (χ1) is 24.2. The Morgan fingerprint density at radius 1 is 0.940 bits per heavy atom. The molecule has 7 rings (SSSR count). The Bertz CT molecular complexity index is 2350. The van der Waals surface area contributed by atoms with Gasteiger partial charge in [-0.25, -0.2) is 13.2 Å². The molecule has 1 N–H and O–H groups in total. The third kappa shape index (κ3) is 6.49. The number of carboxylic acid groups (broad SMARTS) is 1. The Balaban J connectivity index is 1.26. The van der Waals surface area contributed by atoms with Gasteiger partial charge in [0, 0.05) is 41.7 Å². The molecule has 0 atom stereocenters. The van der Waals surface area contributed by atoms with Crippen LogP contribution in [0.15, 0.2) is 102 Å². The lowest BCUT2D eigenvalue weighted by Gasteiger charge is -2.13. The summed E-state index contributed by atoms with van der Waals surface area (Å²) in [7, 11) is -1.49. The Labute approximate surface area is 290 Å². The predicted molar refractivity (Wildman–Crippen MR) is 192 cm³/mol. The van der Waals surface area contributed by atoms with Crippen LogP contribution in [0, 0.1) is 0 Å². The van der Waals surface area contributed by atoms with E-state index in [0.29, 0.717) is 44.0 Å². The number of rotatable bonds is 10. The van der Waals surface area contributed by atoms with E-state index in [0.717, 1.165) is 56.1 Å². The van der Waals surface area contributed by atoms with E-state index in [2.05, 4.69) is 12.1 Å². The molecule has 0 bridgehead atoms. The van der Waals surface area contributed by atoms with Gasteiger partial charge in [0.15, 0.2) is 9.84 Å². The summed E-state index contributed by atoms with van der Waals surface area (Å²) < 4.78 is 45.9. The summed E-state index contributed by atoms with van der Waals surface area (Å²) in [6.07, 6.45) is 6.13. The van der Waals surface area contributed by atoms with Crippen molar-refractivity contribution >= 4 is 37.5 Å². The Hall–Kier alpha value is -5.39. The number of carbonyl (C=O) groups is 1. The molecule has 0 amide bonds. The second-order valence-corrected chi connectivity index (χ2v) is 14.3. The summed E-state index contributed by atoms with van der Waals surface area (Å²) in [4.78, 5) is 13.2. The van der Waals surface area contributed by atoms with Gasteiger partial charge >= 0.3 is 5.97 Å². The Kier molecular flexibility index (Phi) is 9.18. The number of sulfone groups is 1. The number of carboxylic acids is 1. The van der Waals surface area contributed by atoms with Crippen LogP contribution in [0.3, 0.4) is 0 Å². The molecule has 10 nitrogen and oxygen atoms in total. The van der Waals surface area contributed by atoms with Crippen molar-refractivity contribution in [3.8, 4) is 22.6 Å². The first-order valence-corrected chi connectivity index (χ1v) is 18.3. The molecule has 0 saturated heterocycles. The number of benzene rings is 4. The lowest BCUT2D eigenvalue weighted by molar-refractivity contribution is 0.0685. The molecule has 50 heavy (non-hydrogen) atoms. The second kappa shape index (κ2) is 13.9. The largest absolute Gasteiger partial charge is 0.493 e. The molecule has 1 aliphatic heterocycles. The average Bonchev–Trinajstić information content (AvgIpc) is 3.59. The summed E-state index contributed by atoms with van der Waals surface area (Å²) in [6, 6.07) is 26.3. The molecule has 0 unspecified atom stereocenters. The van der Waals surface area contributed by atoms with E-state index in [9.17, 15) is 18.3 Å². The molecular weight excluding hydrogens is 655 g/mol. The van der Waals surface area contributed by atoms with Crippen molar-refractivity contribution in [1.82, 2.24) is 14.3 Å². The highest BCUT2D eigenvalue weighted by Gasteiger charge is 2.27.